The van der Waals surface area contributed by atoms with Crippen LogP contribution in [-0.4, -0.2) is 13.2 Å². The van der Waals surface area contributed by atoms with Gasteiger partial charge in [-0.25, -0.2) is 8.78 Å². The van der Waals surface area contributed by atoms with Crippen LogP contribution in [0.15, 0.2) is 0 Å². The molecule has 1 rings (SSSR count). The second-order valence-electron chi connectivity index (χ2n) is 2.69. The molecule has 0 saturated heterocycles. The standard InChI is InChI=1S/C6H10BF2/c1-7-5-2-3-6(8,9)4-5/h5H,2-4H2,1H3. The third-order valence-corrected chi connectivity index (χ3v) is 1.91. The van der Waals surface area contributed by atoms with E-state index in [-0.39, 0.29) is 18.7 Å². The largest absolute Gasteiger partial charge is 0.247 e. The highest BCUT2D eigenvalue weighted by Crippen LogP contribution is 2.41. The highest BCUT2D eigenvalue weighted by molar-refractivity contribution is 6.35. The van der Waals surface area contributed by atoms with Gasteiger partial charge in [-0.2, -0.15) is 0 Å². The first-order valence-electron chi connectivity index (χ1n) is 3.31. The maximum atomic E-state index is 12.4. The molecule has 0 aromatic carbocycles. The van der Waals surface area contributed by atoms with E-state index in [0.717, 1.165) is 0 Å². The van der Waals surface area contributed by atoms with Crippen molar-refractivity contribution in [2.24, 2.45) is 0 Å². The molecule has 1 atom stereocenters. The first-order chi connectivity index (χ1) is 4.14. The summed E-state index contributed by atoms with van der Waals surface area (Å²) < 4.78 is 24.7. The van der Waals surface area contributed by atoms with Crippen molar-refractivity contribution in [3.63, 3.8) is 0 Å². The van der Waals surface area contributed by atoms with Gasteiger partial charge in [0.05, 0.1) is 0 Å². The minimum Gasteiger partial charge on any atom is -0.207 e. The van der Waals surface area contributed by atoms with E-state index in [1.165, 1.54) is 0 Å². The van der Waals surface area contributed by atoms with Crippen LogP contribution < -0.4 is 0 Å². The molecule has 0 N–H and O–H groups in total. The van der Waals surface area contributed by atoms with Gasteiger partial charge in [0.25, 0.3) is 0 Å². The summed E-state index contributed by atoms with van der Waals surface area (Å²) in [5.74, 6) is -2.20. The number of hydrogen-bond acceptors (Lipinski definition) is 0. The Morgan fingerprint density at radius 2 is 2.22 bits per heavy atom. The van der Waals surface area contributed by atoms with Crippen molar-refractivity contribution < 1.29 is 8.78 Å². The van der Waals surface area contributed by atoms with Gasteiger partial charge < -0.3 is 0 Å². The van der Waals surface area contributed by atoms with Crippen LogP contribution in [0.25, 0.3) is 0 Å². The molecule has 0 bridgehead atoms. The predicted octanol–water partition coefficient (Wildman–Crippen LogP) is 2.35. The summed E-state index contributed by atoms with van der Waals surface area (Å²) in [4.78, 5) is 0. The lowest BCUT2D eigenvalue weighted by molar-refractivity contribution is 0.00935. The number of halogens is 2. The Morgan fingerprint density at radius 3 is 2.44 bits per heavy atom. The molecule has 0 aromatic rings. The molecule has 0 aliphatic heterocycles. The van der Waals surface area contributed by atoms with Crippen LogP contribution in [0.3, 0.4) is 0 Å². The third kappa shape index (κ3) is 1.67. The molecule has 9 heavy (non-hydrogen) atoms. The SMILES string of the molecule is C[B]C1CCC(F)(F)C1. The third-order valence-electron chi connectivity index (χ3n) is 1.91. The van der Waals surface area contributed by atoms with Crippen molar-refractivity contribution >= 4 is 7.28 Å². The van der Waals surface area contributed by atoms with Gasteiger partial charge in [0.2, 0.25) is 5.92 Å². The van der Waals surface area contributed by atoms with Gasteiger partial charge >= 0.3 is 0 Å². The van der Waals surface area contributed by atoms with Crippen LogP contribution >= 0.6 is 0 Å². The molecule has 3 heteroatoms. The molecule has 1 aliphatic rings. The van der Waals surface area contributed by atoms with Crippen LogP contribution in [0.5, 0.6) is 0 Å². The second kappa shape index (κ2) is 2.27. The molecular weight excluding hydrogens is 121 g/mol. The van der Waals surface area contributed by atoms with Crippen LogP contribution in [0, 0.1) is 0 Å². The molecule has 1 aliphatic carbocycles. The summed E-state index contributed by atoms with van der Waals surface area (Å²) in [5.41, 5.74) is 0. The zero-order chi connectivity index (χ0) is 6.91. The smallest absolute Gasteiger partial charge is 0.207 e. The normalized spacial score (nSPS) is 32.6. The molecule has 0 nitrogen and oxygen atoms in total. The Labute approximate surface area is 54.9 Å². The van der Waals surface area contributed by atoms with E-state index in [1.807, 2.05) is 14.1 Å². The van der Waals surface area contributed by atoms with Crippen molar-refractivity contribution in [1.29, 1.82) is 0 Å². The molecule has 0 amide bonds. The molecular formula is C6H10BF2. The fourth-order valence-corrected chi connectivity index (χ4v) is 1.27. The molecule has 1 radical (unpaired) electrons. The van der Waals surface area contributed by atoms with Crippen LogP contribution in [-0.2, 0) is 0 Å². The maximum Gasteiger partial charge on any atom is 0.247 e. The first-order valence-corrected chi connectivity index (χ1v) is 3.31. The molecule has 51 valence electrons. The Balaban J connectivity index is 2.38. The number of hydrogen-bond donors (Lipinski definition) is 0. The van der Waals surface area contributed by atoms with Gasteiger partial charge in [-0.05, 0) is 0 Å². The molecule has 1 fully saturated rings. The summed E-state index contributed by atoms with van der Waals surface area (Å²) in [6.45, 7) is 1.85. The van der Waals surface area contributed by atoms with Crippen molar-refractivity contribution in [3.05, 3.63) is 0 Å². The van der Waals surface area contributed by atoms with Gasteiger partial charge in [-0.15, -0.1) is 0 Å². The van der Waals surface area contributed by atoms with Crippen LogP contribution in [0.2, 0.25) is 12.6 Å². The molecule has 0 aromatic heterocycles. The van der Waals surface area contributed by atoms with E-state index in [2.05, 4.69) is 0 Å². The lowest BCUT2D eigenvalue weighted by atomic mass is 9.66. The van der Waals surface area contributed by atoms with E-state index in [0.29, 0.717) is 6.42 Å². The Hall–Kier alpha value is -0.0751. The van der Waals surface area contributed by atoms with E-state index in [9.17, 15) is 8.78 Å². The maximum absolute atomic E-state index is 12.4. The fourth-order valence-electron chi connectivity index (χ4n) is 1.27. The Bertz CT molecular complexity index is 103. The summed E-state index contributed by atoms with van der Waals surface area (Å²) in [5, 5.41) is 0. The van der Waals surface area contributed by atoms with Gasteiger partial charge in [-0.1, -0.05) is 19.1 Å². The summed E-state index contributed by atoms with van der Waals surface area (Å²) in [7, 11) is 1.88. The van der Waals surface area contributed by atoms with Crippen molar-refractivity contribution in [2.75, 3.05) is 0 Å². The minimum atomic E-state index is -2.36. The van der Waals surface area contributed by atoms with E-state index in [1.54, 1.807) is 0 Å². The average Bonchev–Trinajstić information content (AvgIpc) is 2.10. The lowest BCUT2D eigenvalue weighted by Crippen LogP contribution is -2.09. The Morgan fingerprint density at radius 1 is 1.56 bits per heavy atom. The van der Waals surface area contributed by atoms with Crippen molar-refractivity contribution in [1.82, 2.24) is 0 Å². The summed E-state index contributed by atoms with van der Waals surface area (Å²) in [6.07, 6.45) is 0.828. The molecule has 0 heterocycles. The van der Waals surface area contributed by atoms with E-state index < -0.39 is 5.92 Å². The molecule has 1 saturated carbocycles. The van der Waals surface area contributed by atoms with Gasteiger partial charge in [0.1, 0.15) is 7.28 Å². The lowest BCUT2D eigenvalue weighted by Gasteiger charge is -2.06. The highest BCUT2D eigenvalue weighted by atomic mass is 19.3. The molecule has 0 spiro atoms. The summed E-state index contributed by atoms with van der Waals surface area (Å²) in [6, 6.07) is 0. The summed E-state index contributed by atoms with van der Waals surface area (Å²) >= 11 is 0. The Kier molecular flexibility index (Phi) is 1.78. The number of rotatable bonds is 1. The average molecular weight is 131 g/mol. The zero-order valence-electron chi connectivity index (χ0n) is 5.53. The quantitative estimate of drug-likeness (QED) is 0.479. The topological polar surface area (TPSA) is 0 Å². The van der Waals surface area contributed by atoms with E-state index in [4.69, 9.17) is 0 Å². The van der Waals surface area contributed by atoms with Gasteiger partial charge in [0, 0.05) is 12.8 Å². The first kappa shape index (κ1) is 7.04. The minimum absolute atomic E-state index is 0.0729. The predicted molar refractivity (Wildman–Crippen MR) is 34.2 cm³/mol. The fraction of sp³-hybridized carbons (Fsp3) is 1.00. The van der Waals surface area contributed by atoms with Gasteiger partial charge in [-0.3, -0.25) is 0 Å². The molecule has 1 unspecified atom stereocenters. The number of alkyl halides is 2. The van der Waals surface area contributed by atoms with Crippen LogP contribution in [0.4, 0.5) is 8.78 Å². The monoisotopic (exact) mass is 131 g/mol. The van der Waals surface area contributed by atoms with Crippen LogP contribution in [0.1, 0.15) is 19.3 Å². The zero-order valence-corrected chi connectivity index (χ0v) is 5.53. The highest BCUT2D eigenvalue weighted by Gasteiger charge is 2.38. The second-order valence-corrected chi connectivity index (χ2v) is 2.69. The van der Waals surface area contributed by atoms with Crippen molar-refractivity contribution in [3.8, 4) is 0 Å². The van der Waals surface area contributed by atoms with Gasteiger partial charge in [0.15, 0.2) is 0 Å². The van der Waals surface area contributed by atoms with Crippen molar-refractivity contribution in [2.45, 2.75) is 37.8 Å². The van der Waals surface area contributed by atoms with E-state index >= 15 is 0 Å².